The molecule has 0 aromatic carbocycles. The zero-order chi connectivity index (χ0) is 15.8. The second-order valence-electron chi connectivity index (χ2n) is 9.80. The number of aliphatic hydroxyl groups excluding tert-OH is 2. The van der Waals surface area contributed by atoms with E-state index < -0.39 is 6.10 Å². The van der Waals surface area contributed by atoms with Crippen LogP contribution in [-0.4, -0.2) is 34.7 Å². The number of hydrogen-bond donors (Lipinski definition) is 2. The molecule has 3 nitrogen and oxygen atoms in total. The van der Waals surface area contributed by atoms with E-state index in [1.54, 1.807) is 0 Å². The topological polar surface area (TPSA) is 52.8 Å². The van der Waals surface area contributed by atoms with Crippen LogP contribution in [0.1, 0.15) is 45.4 Å². The van der Waals surface area contributed by atoms with Crippen LogP contribution in [0.2, 0.25) is 0 Å². The molecule has 1 aliphatic heterocycles. The summed E-state index contributed by atoms with van der Waals surface area (Å²) in [6, 6.07) is 0.343. The Morgan fingerprint density at radius 1 is 1.17 bits per heavy atom. The lowest BCUT2D eigenvalue weighted by molar-refractivity contribution is -0.218. The predicted molar refractivity (Wildman–Crippen MR) is 88.1 cm³/mol. The van der Waals surface area contributed by atoms with Crippen molar-refractivity contribution in [2.45, 2.75) is 63.7 Å². The lowest BCUT2D eigenvalue weighted by Crippen LogP contribution is -2.67. The Hall–Kier alpha value is -0.670. The van der Waals surface area contributed by atoms with Crippen LogP contribution in [0.5, 0.6) is 0 Å². The first-order valence-corrected chi connectivity index (χ1v) is 9.55. The fourth-order valence-corrected chi connectivity index (χ4v) is 9.00. The normalized spacial score (nSPS) is 67.6. The highest BCUT2D eigenvalue weighted by Gasteiger charge is 2.82. The maximum Gasteiger partial charge on any atom is 0.0837 e. The standard InChI is InChI=1S/C20H27NO2/c1-10-11-6-12-16-19-5-3-4-18(2,9-21-16)13(19)8-15(22)20(12,17(10)23)14(19)7-11/h9,11-17,22-23H,1,3-8H2,2H3/t11?,12?,13-,14+,15-,16-,17-,18?,19+,20?/m1/s1. The molecular formula is C20H27NO2. The number of aliphatic hydroxyl groups is 2. The van der Waals surface area contributed by atoms with Gasteiger partial charge in [0.25, 0.3) is 0 Å². The summed E-state index contributed by atoms with van der Waals surface area (Å²) < 4.78 is 0. The van der Waals surface area contributed by atoms with Gasteiger partial charge in [0.1, 0.15) is 0 Å². The molecule has 1 heterocycles. The molecule has 6 fully saturated rings. The SMILES string of the molecule is C=C1C2CC3[C@H]4N=CC5(C)CCC[C@@]46[C@@H]5C[C@@H](O)C3([C@@H]1O)[C@H]6C2. The highest BCUT2D eigenvalue weighted by Crippen LogP contribution is 2.81. The number of fused-ring (bicyclic) bond motifs is 1. The van der Waals surface area contributed by atoms with Crippen LogP contribution in [0.3, 0.4) is 0 Å². The van der Waals surface area contributed by atoms with Crippen molar-refractivity contribution in [3.63, 3.8) is 0 Å². The van der Waals surface area contributed by atoms with Gasteiger partial charge in [-0.3, -0.25) is 4.99 Å². The predicted octanol–water partition coefficient (Wildman–Crippen LogP) is 2.57. The fourth-order valence-electron chi connectivity index (χ4n) is 9.00. The highest BCUT2D eigenvalue weighted by molar-refractivity contribution is 5.69. The zero-order valence-corrected chi connectivity index (χ0v) is 13.9. The molecule has 6 bridgehead atoms. The molecular weight excluding hydrogens is 286 g/mol. The number of hydrogen-bond acceptors (Lipinski definition) is 3. The van der Waals surface area contributed by atoms with Gasteiger partial charge in [-0.2, -0.15) is 0 Å². The molecule has 2 spiro atoms. The fraction of sp³-hybridized carbons (Fsp3) is 0.850. The second kappa shape index (κ2) is 3.62. The number of aliphatic imine (C=N–C) groups is 1. The van der Waals surface area contributed by atoms with E-state index in [1.807, 2.05) is 0 Å². The van der Waals surface area contributed by atoms with E-state index in [0.29, 0.717) is 29.7 Å². The smallest absolute Gasteiger partial charge is 0.0837 e. The van der Waals surface area contributed by atoms with Gasteiger partial charge in [0.2, 0.25) is 0 Å². The minimum absolute atomic E-state index is 0.163. The average molecular weight is 313 g/mol. The molecule has 0 amide bonds. The molecule has 0 saturated heterocycles. The van der Waals surface area contributed by atoms with Crippen LogP contribution in [0.15, 0.2) is 17.1 Å². The summed E-state index contributed by atoms with van der Waals surface area (Å²) in [7, 11) is 0. The molecule has 2 N–H and O–H groups in total. The third kappa shape index (κ3) is 1.09. The first kappa shape index (κ1) is 13.6. The van der Waals surface area contributed by atoms with Crippen molar-refractivity contribution < 1.29 is 10.2 Å². The lowest BCUT2D eigenvalue weighted by atomic mass is 9.39. The summed E-state index contributed by atoms with van der Waals surface area (Å²) in [5.74, 6) is 1.83. The molecule has 7 rings (SSSR count). The molecule has 6 aliphatic carbocycles. The van der Waals surface area contributed by atoms with Gasteiger partial charge in [-0.05, 0) is 61.3 Å². The van der Waals surface area contributed by atoms with Crippen LogP contribution < -0.4 is 0 Å². The van der Waals surface area contributed by atoms with Crippen molar-refractivity contribution in [3.05, 3.63) is 12.2 Å². The van der Waals surface area contributed by atoms with Crippen molar-refractivity contribution in [2.24, 2.45) is 44.9 Å². The van der Waals surface area contributed by atoms with Crippen molar-refractivity contribution in [3.8, 4) is 0 Å². The maximum atomic E-state index is 11.3. The summed E-state index contributed by atoms with van der Waals surface area (Å²) in [5, 5.41) is 22.5. The quantitative estimate of drug-likeness (QED) is 0.675. The summed E-state index contributed by atoms with van der Waals surface area (Å²) in [4.78, 5) is 5.15. The maximum absolute atomic E-state index is 11.3. The second-order valence-corrected chi connectivity index (χ2v) is 9.80. The Labute approximate surface area is 137 Å². The minimum atomic E-state index is -0.510. The molecule has 3 heteroatoms. The number of nitrogens with zero attached hydrogens (tertiary/aromatic N) is 1. The summed E-state index contributed by atoms with van der Waals surface area (Å²) in [6.45, 7) is 6.60. The average Bonchev–Trinajstić information content (AvgIpc) is 2.61. The van der Waals surface area contributed by atoms with Gasteiger partial charge in [0.05, 0.1) is 18.2 Å². The van der Waals surface area contributed by atoms with Crippen LogP contribution in [0.4, 0.5) is 0 Å². The van der Waals surface area contributed by atoms with E-state index in [9.17, 15) is 10.2 Å². The molecule has 10 atom stereocenters. The van der Waals surface area contributed by atoms with Crippen LogP contribution in [0.25, 0.3) is 0 Å². The largest absolute Gasteiger partial charge is 0.392 e. The third-order valence-electron chi connectivity index (χ3n) is 9.57. The molecule has 0 aromatic heterocycles. The Morgan fingerprint density at radius 3 is 2.83 bits per heavy atom. The van der Waals surface area contributed by atoms with E-state index in [-0.39, 0.29) is 22.3 Å². The van der Waals surface area contributed by atoms with Gasteiger partial charge in [0.15, 0.2) is 0 Å². The summed E-state index contributed by atoms with van der Waals surface area (Å²) in [5.41, 5.74) is 1.08. The molecule has 7 aliphatic rings. The monoisotopic (exact) mass is 313 g/mol. The third-order valence-corrected chi connectivity index (χ3v) is 9.57. The summed E-state index contributed by atoms with van der Waals surface area (Å²) in [6.07, 6.45) is 8.23. The van der Waals surface area contributed by atoms with Gasteiger partial charge >= 0.3 is 0 Å². The molecule has 0 aromatic rings. The van der Waals surface area contributed by atoms with Crippen LogP contribution in [0, 0.1) is 39.9 Å². The van der Waals surface area contributed by atoms with E-state index in [4.69, 9.17) is 4.99 Å². The van der Waals surface area contributed by atoms with Crippen molar-refractivity contribution in [1.82, 2.24) is 0 Å². The molecule has 124 valence electrons. The Balaban J connectivity index is 1.66. The van der Waals surface area contributed by atoms with E-state index in [2.05, 4.69) is 19.7 Å². The molecule has 0 radical (unpaired) electrons. The molecule has 6 saturated carbocycles. The lowest BCUT2D eigenvalue weighted by Gasteiger charge is -2.66. The van der Waals surface area contributed by atoms with E-state index in [0.717, 1.165) is 24.8 Å². The van der Waals surface area contributed by atoms with Gasteiger partial charge in [-0.1, -0.05) is 19.9 Å². The van der Waals surface area contributed by atoms with E-state index in [1.165, 1.54) is 19.3 Å². The van der Waals surface area contributed by atoms with Gasteiger partial charge < -0.3 is 10.2 Å². The Bertz CT molecular complexity index is 658. The van der Waals surface area contributed by atoms with Gasteiger partial charge in [-0.25, -0.2) is 0 Å². The summed E-state index contributed by atoms with van der Waals surface area (Å²) >= 11 is 0. The van der Waals surface area contributed by atoms with Gasteiger partial charge in [0, 0.05) is 22.5 Å². The van der Waals surface area contributed by atoms with Gasteiger partial charge in [-0.15, -0.1) is 0 Å². The molecule has 23 heavy (non-hydrogen) atoms. The van der Waals surface area contributed by atoms with Crippen molar-refractivity contribution in [2.75, 3.05) is 0 Å². The Morgan fingerprint density at radius 2 is 2.00 bits per heavy atom. The van der Waals surface area contributed by atoms with Crippen LogP contribution >= 0.6 is 0 Å². The minimum Gasteiger partial charge on any atom is -0.392 e. The highest BCUT2D eigenvalue weighted by atomic mass is 16.3. The van der Waals surface area contributed by atoms with Crippen molar-refractivity contribution >= 4 is 6.21 Å². The zero-order valence-electron chi connectivity index (χ0n) is 13.9. The van der Waals surface area contributed by atoms with Crippen molar-refractivity contribution in [1.29, 1.82) is 0 Å². The van der Waals surface area contributed by atoms with E-state index >= 15 is 0 Å². The van der Waals surface area contributed by atoms with Crippen LogP contribution in [-0.2, 0) is 0 Å². The first-order valence-electron chi connectivity index (χ1n) is 9.55. The Kier molecular flexibility index (Phi) is 2.14. The molecule has 4 unspecified atom stereocenters. The number of rotatable bonds is 0. The first-order chi connectivity index (χ1) is 11.0.